The molecule has 0 N–H and O–H groups in total. The Hall–Kier alpha value is -2.18. The van der Waals surface area contributed by atoms with Crippen molar-refractivity contribution >= 4 is 0 Å². The van der Waals surface area contributed by atoms with Crippen LogP contribution in [0.3, 0.4) is 0 Å². The van der Waals surface area contributed by atoms with Crippen molar-refractivity contribution in [3.63, 3.8) is 0 Å². The molecule has 0 fully saturated rings. The number of aromatic nitrogens is 3. The maximum absolute atomic E-state index is 12.7. The Kier molecular flexibility index (Phi) is 3.87. The zero-order valence-corrected chi connectivity index (χ0v) is 10.8. The van der Waals surface area contributed by atoms with Crippen LogP contribution in [0.15, 0.2) is 31.0 Å². The van der Waals surface area contributed by atoms with Crippen LogP contribution in [0.5, 0.6) is 11.5 Å². The topological polar surface area (TPSA) is 47.9 Å². The van der Waals surface area contributed by atoms with Crippen LogP contribution in [0.4, 0.5) is 13.2 Å². The predicted octanol–water partition coefficient (Wildman–Crippen LogP) is 3.81. The molecule has 2 aromatic rings. The van der Waals surface area contributed by atoms with Gasteiger partial charge in [0.25, 0.3) is 0 Å². The molecule has 0 atom stereocenters. The number of hydrogen-bond donors (Lipinski definition) is 0. The highest BCUT2D eigenvalue weighted by Crippen LogP contribution is 2.35. The van der Waals surface area contributed by atoms with Gasteiger partial charge in [0.15, 0.2) is 5.75 Å². The van der Waals surface area contributed by atoms with Gasteiger partial charge in [-0.05, 0) is 5.92 Å². The third-order valence-corrected chi connectivity index (χ3v) is 2.57. The van der Waals surface area contributed by atoms with Crippen molar-refractivity contribution in [1.29, 1.82) is 0 Å². The zero-order chi connectivity index (χ0) is 14.8. The Labute approximate surface area is 113 Å². The Bertz CT molecular complexity index is 585. The van der Waals surface area contributed by atoms with Gasteiger partial charge >= 0.3 is 6.18 Å². The number of ether oxygens (including phenoxy) is 1. The monoisotopic (exact) mass is 283 g/mol. The van der Waals surface area contributed by atoms with Crippen LogP contribution in [0.2, 0.25) is 0 Å². The molecule has 0 saturated carbocycles. The summed E-state index contributed by atoms with van der Waals surface area (Å²) in [4.78, 5) is 10.9. The molecule has 2 aromatic heterocycles. The second-order valence-corrected chi connectivity index (χ2v) is 4.44. The highest BCUT2D eigenvalue weighted by Gasteiger charge is 2.33. The lowest BCUT2D eigenvalue weighted by Crippen LogP contribution is -2.09. The van der Waals surface area contributed by atoms with E-state index in [1.54, 1.807) is 0 Å². The van der Waals surface area contributed by atoms with Crippen molar-refractivity contribution in [2.45, 2.75) is 25.9 Å². The van der Waals surface area contributed by atoms with Crippen LogP contribution in [0.1, 0.15) is 31.0 Å². The standard InChI is InChI=1S/C13H12F3N3O/c1-8(2)10-6-19-12(13(14,15)16)3-11(10)20-9-4-17-7-18-5-9/h3-8H,1-2H3. The summed E-state index contributed by atoms with van der Waals surface area (Å²) in [5, 5.41) is 0. The molecule has 0 saturated heterocycles. The number of halogens is 3. The van der Waals surface area contributed by atoms with Gasteiger partial charge in [0.2, 0.25) is 0 Å². The van der Waals surface area contributed by atoms with Crippen molar-refractivity contribution in [2.75, 3.05) is 0 Å². The van der Waals surface area contributed by atoms with Gasteiger partial charge in [0.05, 0.1) is 12.4 Å². The minimum atomic E-state index is -4.51. The molecule has 0 aliphatic carbocycles. The quantitative estimate of drug-likeness (QED) is 0.859. The van der Waals surface area contributed by atoms with Crippen molar-refractivity contribution in [3.8, 4) is 11.5 Å². The zero-order valence-electron chi connectivity index (χ0n) is 10.8. The molecule has 106 valence electrons. The maximum Gasteiger partial charge on any atom is 0.433 e. The summed E-state index contributed by atoms with van der Waals surface area (Å²) < 4.78 is 43.5. The molecule has 0 spiro atoms. The van der Waals surface area contributed by atoms with E-state index >= 15 is 0 Å². The molecule has 0 amide bonds. The van der Waals surface area contributed by atoms with Gasteiger partial charge < -0.3 is 4.74 Å². The van der Waals surface area contributed by atoms with Gasteiger partial charge in [0.1, 0.15) is 17.8 Å². The highest BCUT2D eigenvalue weighted by molar-refractivity contribution is 5.39. The van der Waals surface area contributed by atoms with Gasteiger partial charge in [-0.15, -0.1) is 0 Å². The lowest BCUT2D eigenvalue weighted by Gasteiger charge is -2.15. The lowest BCUT2D eigenvalue weighted by atomic mass is 10.0. The van der Waals surface area contributed by atoms with E-state index in [1.165, 1.54) is 24.9 Å². The van der Waals surface area contributed by atoms with E-state index in [2.05, 4.69) is 15.0 Å². The van der Waals surface area contributed by atoms with Gasteiger partial charge in [-0.1, -0.05) is 13.8 Å². The summed E-state index contributed by atoms with van der Waals surface area (Å²) >= 11 is 0. The van der Waals surface area contributed by atoms with E-state index in [1.807, 2.05) is 13.8 Å². The van der Waals surface area contributed by atoms with Crippen LogP contribution in [0.25, 0.3) is 0 Å². The van der Waals surface area contributed by atoms with Gasteiger partial charge in [-0.3, -0.25) is 4.98 Å². The predicted molar refractivity (Wildman–Crippen MR) is 65.4 cm³/mol. The first kappa shape index (κ1) is 14.2. The lowest BCUT2D eigenvalue weighted by molar-refractivity contribution is -0.141. The SMILES string of the molecule is CC(C)c1cnc(C(F)(F)F)cc1Oc1cncnc1. The number of rotatable bonds is 3. The van der Waals surface area contributed by atoms with Crippen molar-refractivity contribution < 1.29 is 17.9 Å². The third-order valence-electron chi connectivity index (χ3n) is 2.57. The normalized spacial score (nSPS) is 11.7. The summed E-state index contributed by atoms with van der Waals surface area (Å²) in [7, 11) is 0. The van der Waals surface area contributed by atoms with Crippen LogP contribution in [-0.4, -0.2) is 15.0 Å². The van der Waals surface area contributed by atoms with E-state index in [-0.39, 0.29) is 17.4 Å². The number of hydrogen-bond acceptors (Lipinski definition) is 4. The van der Waals surface area contributed by atoms with Crippen molar-refractivity contribution in [1.82, 2.24) is 15.0 Å². The fraction of sp³-hybridized carbons (Fsp3) is 0.308. The summed E-state index contributed by atoms with van der Waals surface area (Å²) in [6, 6.07) is 0.891. The molecule has 0 unspecified atom stereocenters. The van der Waals surface area contributed by atoms with E-state index < -0.39 is 11.9 Å². The Morgan fingerprint density at radius 1 is 1.10 bits per heavy atom. The minimum absolute atomic E-state index is 0.0237. The highest BCUT2D eigenvalue weighted by atomic mass is 19.4. The molecule has 0 aliphatic rings. The van der Waals surface area contributed by atoms with Gasteiger partial charge in [0, 0.05) is 17.8 Å². The molecule has 20 heavy (non-hydrogen) atoms. The number of pyridine rings is 1. The van der Waals surface area contributed by atoms with Crippen molar-refractivity contribution in [2.24, 2.45) is 0 Å². The Morgan fingerprint density at radius 2 is 1.75 bits per heavy atom. The molecular weight excluding hydrogens is 271 g/mol. The number of alkyl halides is 3. The smallest absolute Gasteiger partial charge is 0.433 e. The first-order valence-electron chi connectivity index (χ1n) is 5.88. The van der Waals surface area contributed by atoms with Gasteiger partial charge in [-0.25, -0.2) is 9.97 Å². The molecule has 4 nitrogen and oxygen atoms in total. The average Bonchev–Trinajstić information content (AvgIpc) is 2.38. The van der Waals surface area contributed by atoms with E-state index in [4.69, 9.17) is 4.74 Å². The van der Waals surface area contributed by atoms with Crippen LogP contribution in [0, 0.1) is 0 Å². The Morgan fingerprint density at radius 3 is 2.30 bits per heavy atom. The van der Waals surface area contributed by atoms with Gasteiger partial charge in [-0.2, -0.15) is 13.2 Å². The molecule has 0 radical (unpaired) electrons. The van der Waals surface area contributed by atoms with E-state index in [9.17, 15) is 13.2 Å². The molecule has 7 heteroatoms. The van der Waals surface area contributed by atoms with Crippen LogP contribution < -0.4 is 4.74 Å². The minimum Gasteiger partial charge on any atom is -0.454 e. The average molecular weight is 283 g/mol. The summed E-state index contributed by atoms with van der Waals surface area (Å²) in [5.41, 5.74) is -0.407. The maximum atomic E-state index is 12.7. The Balaban J connectivity index is 2.42. The van der Waals surface area contributed by atoms with E-state index in [0.29, 0.717) is 5.56 Å². The number of nitrogens with zero attached hydrogens (tertiary/aromatic N) is 3. The fourth-order valence-electron chi connectivity index (χ4n) is 1.59. The second kappa shape index (κ2) is 5.44. The molecule has 2 rings (SSSR count). The molecular formula is C13H12F3N3O. The van der Waals surface area contributed by atoms with Crippen LogP contribution >= 0.6 is 0 Å². The van der Waals surface area contributed by atoms with Crippen LogP contribution in [-0.2, 0) is 6.18 Å². The fourth-order valence-corrected chi connectivity index (χ4v) is 1.59. The van der Waals surface area contributed by atoms with E-state index in [0.717, 1.165) is 6.07 Å². The largest absolute Gasteiger partial charge is 0.454 e. The molecule has 0 aromatic carbocycles. The summed E-state index contributed by atoms with van der Waals surface area (Å²) in [6.45, 7) is 3.69. The first-order chi connectivity index (χ1) is 9.38. The molecule has 2 heterocycles. The molecule has 0 bridgehead atoms. The summed E-state index contributed by atoms with van der Waals surface area (Å²) in [6.07, 6.45) is 0.743. The second-order valence-electron chi connectivity index (χ2n) is 4.44. The molecule has 0 aliphatic heterocycles. The first-order valence-corrected chi connectivity index (χ1v) is 5.88. The summed E-state index contributed by atoms with van der Waals surface area (Å²) in [5.74, 6) is 0.357. The van der Waals surface area contributed by atoms with Crippen molar-refractivity contribution in [3.05, 3.63) is 42.2 Å². The third kappa shape index (κ3) is 3.23.